The van der Waals surface area contributed by atoms with Crippen molar-refractivity contribution in [1.29, 1.82) is 0 Å². The normalized spacial score (nSPS) is 9.65. The molecule has 1 heterocycles. The molecule has 2 rings (SSSR count). The molecule has 1 aromatic heterocycles. The maximum absolute atomic E-state index is 11.5. The number of carbonyl (C=O) groups is 1. The molecule has 23 heavy (non-hydrogen) atoms. The number of nitrogens with zero attached hydrogens (tertiary/aromatic N) is 1. The zero-order valence-corrected chi connectivity index (χ0v) is 13.6. The molecule has 1 N–H and O–H groups in total. The van der Waals surface area contributed by atoms with Crippen LogP contribution in [0.1, 0.15) is 23.2 Å². The highest BCUT2D eigenvalue weighted by atomic mass is 35.5. The molecule has 4 nitrogen and oxygen atoms in total. The van der Waals surface area contributed by atoms with Crippen molar-refractivity contribution >= 4 is 17.7 Å². The summed E-state index contributed by atoms with van der Waals surface area (Å²) in [5.41, 5.74) is 2.58. The topological polar surface area (TPSA) is 51.2 Å². The van der Waals surface area contributed by atoms with Gasteiger partial charge in [0.25, 0.3) is 0 Å². The summed E-state index contributed by atoms with van der Waals surface area (Å²) in [5.74, 6) is 6.00. The fourth-order valence-corrected chi connectivity index (χ4v) is 2.01. The number of halogens is 1. The third-order valence-corrected chi connectivity index (χ3v) is 3.22. The second-order valence-corrected chi connectivity index (χ2v) is 5.19. The van der Waals surface area contributed by atoms with Crippen molar-refractivity contribution < 1.29 is 9.53 Å². The first-order valence-corrected chi connectivity index (χ1v) is 7.59. The number of nitrogens with one attached hydrogen (secondary N) is 1. The summed E-state index contributed by atoms with van der Waals surface area (Å²) >= 11 is 5.79. The van der Waals surface area contributed by atoms with E-state index in [0.717, 1.165) is 16.8 Å². The van der Waals surface area contributed by atoms with Gasteiger partial charge in [0.2, 0.25) is 0 Å². The molecule has 0 aliphatic carbocycles. The zero-order chi connectivity index (χ0) is 16.5. The van der Waals surface area contributed by atoms with Crippen LogP contribution in [-0.4, -0.2) is 17.6 Å². The second-order valence-electron chi connectivity index (χ2n) is 4.81. The summed E-state index contributed by atoms with van der Waals surface area (Å²) in [5, 5.41) is 3.12. The third-order valence-electron chi connectivity index (χ3n) is 3.01. The highest BCUT2D eigenvalue weighted by Crippen LogP contribution is 2.09. The van der Waals surface area contributed by atoms with E-state index in [4.69, 9.17) is 16.3 Å². The van der Waals surface area contributed by atoms with E-state index in [1.165, 1.54) is 0 Å². The molecule has 0 bridgehead atoms. The number of ether oxygens (including phenoxy) is 1. The monoisotopic (exact) mass is 328 g/mol. The van der Waals surface area contributed by atoms with Gasteiger partial charge in [-0.1, -0.05) is 53.8 Å². The standard InChI is InChI=1S/C18H17ClN2O2/c1-14-16(10-11-17(19)21-14)9-5-6-12-20-18(22)23-13-15-7-3-2-4-8-15/h2-4,7-8,10-11H,6,12-13H2,1H3,(H,20,22). The molecule has 0 fully saturated rings. The quantitative estimate of drug-likeness (QED) is 0.529. The molecule has 0 saturated heterocycles. The van der Waals surface area contributed by atoms with Crippen LogP contribution in [0.15, 0.2) is 42.5 Å². The summed E-state index contributed by atoms with van der Waals surface area (Å²) in [7, 11) is 0. The van der Waals surface area contributed by atoms with Crippen molar-refractivity contribution in [3.63, 3.8) is 0 Å². The van der Waals surface area contributed by atoms with E-state index in [2.05, 4.69) is 22.1 Å². The van der Waals surface area contributed by atoms with Crippen LogP contribution in [-0.2, 0) is 11.3 Å². The van der Waals surface area contributed by atoms with E-state index in [1.807, 2.05) is 43.3 Å². The molecule has 0 atom stereocenters. The second kappa shape index (κ2) is 8.82. The first-order valence-electron chi connectivity index (χ1n) is 7.22. The minimum atomic E-state index is -0.444. The summed E-state index contributed by atoms with van der Waals surface area (Å²) in [6.45, 7) is 2.55. The largest absolute Gasteiger partial charge is 0.445 e. The number of benzene rings is 1. The van der Waals surface area contributed by atoms with E-state index in [-0.39, 0.29) is 6.61 Å². The van der Waals surface area contributed by atoms with Crippen molar-refractivity contribution in [3.05, 3.63) is 64.4 Å². The molecule has 5 heteroatoms. The Labute approximate surface area is 140 Å². The Balaban J connectivity index is 1.69. The maximum Gasteiger partial charge on any atom is 0.407 e. The van der Waals surface area contributed by atoms with Gasteiger partial charge in [0, 0.05) is 18.5 Å². The van der Waals surface area contributed by atoms with Crippen molar-refractivity contribution in [3.8, 4) is 11.8 Å². The predicted molar refractivity (Wildman–Crippen MR) is 90.1 cm³/mol. The Bertz CT molecular complexity index is 721. The lowest BCUT2D eigenvalue weighted by molar-refractivity contribution is 0.140. The van der Waals surface area contributed by atoms with Gasteiger partial charge in [0.1, 0.15) is 11.8 Å². The molecule has 118 valence electrons. The van der Waals surface area contributed by atoms with Gasteiger partial charge in [0.05, 0.1) is 5.69 Å². The van der Waals surface area contributed by atoms with Crippen LogP contribution in [0.5, 0.6) is 0 Å². The molecular weight excluding hydrogens is 312 g/mol. The summed E-state index contributed by atoms with van der Waals surface area (Å²) in [4.78, 5) is 15.7. The molecule has 0 radical (unpaired) electrons. The van der Waals surface area contributed by atoms with E-state index in [0.29, 0.717) is 18.1 Å². The molecule has 0 spiro atoms. The first kappa shape index (κ1) is 16.9. The number of pyridine rings is 1. The molecular formula is C18H17ClN2O2. The maximum atomic E-state index is 11.5. The average Bonchev–Trinajstić information content (AvgIpc) is 2.55. The number of alkyl carbamates (subject to hydrolysis) is 1. The summed E-state index contributed by atoms with van der Waals surface area (Å²) in [6.07, 6.45) is 0.0858. The number of hydrogen-bond donors (Lipinski definition) is 1. The van der Waals surface area contributed by atoms with Crippen LogP contribution in [0.2, 0.25) is 5.15 Å². The first-order chi connectivity index (χ1) is 11.1. The van der Waals surface area contributed by atoms with E-state index >= 15 is 0 Å². The van der Waals surface area contributed by atoms with Crippen LogP contribution < -0.4 is 5.32 Å². The van der Waals surface area contributed by atoms with Gasteiger partial charge in [-0.3, -0.25) is 0 Å². The van der Waals surface area contributed by atoms with E-state index in [9.17, 15) is 4.79 Å². The van der Waals surface area contributed by atoms with Crippen molar-refractivity contribution in [2.24, 2.45) is 0 Å². The van der Waals surface area contributed by atoms with Crippen LogP contribution in [0.4, 0.5) is 4.79 Å². The Morgan fingerprint density at radius 3 is 2.78 bits per heavy atom. The molecule has 0 saturated carbocycles. The number of carbonyl (C=O) groups excluding carboxylic acids is 1. The van der Waals surface area contributed by atoms with Gasteiger partial charge >= 0.3 is 6.09 Å². The summed E-state index contributed by atoms with van der Waals surface area (Å²) < 4.78 is 5.10. The third kappa shape index (κ3) is 6.01. The highest BCUT2D eigenvalue weighted by molar-refractivity contribution is 6.29. The van der Waals surface area contributed by atoms with Gasteiger partial charge in [-0.2, -0.15) is 0 Å². The van der Waals surface area contributed by atoms with E-state index < -0.39 is 6.09 Å². The van der Waals surface area contributed by atoms with Crippen molar-refractivity contribution in [1.82, 2.24) is 10.3 Å². The zero-order valence-electron chi connectivity index (χ0n) is 12.8. The number of amides is 1. The van der Waals surface area contributed by atoms with Gasteiger partial charge in [-0.05, 0) is 24.6 Å². The van der Waals surface area contributed by atoms with Gasteiger partial charge in [-0.25, -0.2) is 9.78 Å². The van der Waals surface area contributed by atoms with Crippen LogP contribution >= 0.6 is 11.6 Å². The Morgan fingerprint density at radius 2 is 2.04 bits per heavy atom. The molecule has 0 unspecified atom stereocenters. The lowest BCUT2D eigenvalue weighted by Gasteiger charge is -2.05. The molecule has 0 aliphatic heterocycles. The predicted octanol–water partition coefficient (Wildman–Crippen LogP) is 3.71. The number of rotatable bonds is 4. The van der Waals surface area contributed by atoms with Crippen molar-refractivity contribution in [2.75, 3.05) is 6.54 Å². The fourth-order valence-electron chi connectivity index (χ4n) is 1.82. The highest BCUT2D eigenvalue weighted by Gasteiger charge is 2.01. The molecule has 1 aromatic carbocycles. The number of hydrogen-bond acceptors (Lipinski definition) is 3. The van der Waals surface area contributed by atoms with Crippen molar-refractivity contribution in [2.45, 2.75) is 20.0 Å². The average molecular weight is 329 g/mol. The van der Waals surface area contributed by atoms with Gasteiger partial charge < -0.3 is 10.1 Å². The number of aryl methyl sites for hydroxylation is 1. The lowest BCUT2D eigenvalue weighted by atomic mass is 10.2. The molecule has 2 aromatic rings. The SMILES string of the molecule is Cc1nc(Cl)ccc1C#CCCNC(=O)OCc1ccccc1. The van der Waals surface area contributed by atoms with E-state index in [1.54, 1.807) is 6.07 Å². The fraction of sp³-hybridized carbons (Fsp3) is 0.222. The van der Waals surface area contributed by atoms with Crippen LogP contribution in [0.25, 0.3) is 0 Å². The van der Waals surface area contributed by atoms with Crippen LogP contribution in [0.3, 0.4) is 0 Å². The smallest absolute Gasteiger partial charge is 0.407 e. The minimum absolute atomic E-state index is 0.258. The van der Waals surface area contributed by atoms with Gasteiger partial charge in [0.15, 0.2) is 0 Å². The lowest BCUT2D eigenvalue weighted by Crippen LogP contribution is -2.24. The summed E-state index contributed by atoms with van der Waals surface area (Å²) in [6, 6.07) is 13.1. The number of aromatic nitrogens is 1. The van der Waals surface area contributed by atoms with Gasteiger partial charge in [-0.15, -0.1) is 0 Å². The Hall–Kier alpha value is -2.51. The molecule has 1 amide bonds. The Morgan fingerprint density at radius 1 is 1.26 bits per heavy atom. The Kier molecular flexibility index (Phi) is 6.46. The molecule has 0 aliphatic rings. The van der Waals surface area contributed by atoms with Crippen LogP contribution in [0, 0.1) is 18.8 Å². The minimum Gasteiger partial charge on any atom is -0.445 e.